The molecular formula is C28H45FN2O2. The first-order valence-electron chi connectivity index (χ1n) is 13.3. The van der Waals surface area contributed by atoms with Crippen molar-refractivity contribution in [2.45, 2.75) is 120 Å². The van der Waals surface area contributed by atoms with Crippen LogP contribution in [0, 0.1) is 28.6 Å². The molecule has 4 fully saturated rings. The summed E-state index contributed by atoms with van der Waals surface area (Å²) in [5.74, 6) is 0.728. The maximum absolute atomic E-state index is 14.4. The van der Waals surface area contributed by atoms with Gasteiger partial charge in [0, 0.05) is 17.5 Å². The fourth-order valence-corrected chi connectivity index (χ4v) is 9.47. The molecule has 10 atom stereocenters. The van der Waals surface area contributed by atoms with Crippen LogP contribution in [-0.2, 0) is 0 Å². The van der Waals surface area contributed by atoms with E-state index in [1.807, 2.05) is 25.2 Å². The summed E-state index contributed by atoms with van der Waals surface area (Å²) >= 11 is 0. The summed E-state index contributed by atoms with van der Waals surface area (Å²) < 4.78 is 14.4. The average Bonchev–Trinajstić information content (AvgIpc) is 3.02. The van der Waals surface area contributed by atoms with Crippen LogP contribution in [0.3, 0.4) is 0 Å². The first-order valence-corrected chi connectivity index (χ1v) is 13.3. The van der Waals surface area contributed by atoms with Crippen molar-refractivity contribution in [3.8, 4) is 0 Å². The summed E-state index contributed by atoms with van der Waals surface area (Å²) in [5, 5.41) is 22.1. The van der Waals surface area contributed by atoms with Gasteiger partial charge in [-0.05, 0) is 105 Å². The molecule has 0 spiro atoms. The molecule has 0 amide bonds. The van der Waals surface area contributed by atoms with Gasteiger partial charge in [0.1, 0.15) is 6.17 Å². The highest BCUT2D eigenvalue weighted by atomic mass is 19.1. The smallest absolute Gasteiger partial charge is 0.125 e. The van der Waals surface area contributed by atoms with Crippen LogP contribution in [0.1, 0.15) is 91.4 Å². The number of halogens is 1. The van der Waals surface area contributed by atoms with E-state index in [1.165, 1.54) is 0 Å². The lowest BCUT2D eigenvalue weighted by Crippen LogP contribution is -2.77. The van der Waals surface area contributed by atoms with E-state index in [-0.39, 0.29) is 28.2 Å². The minimum Gasteiger partial charge on any atom is -0.392 e. The highest BCUT2D eigenvalue weighted by Crippen LogP contribution is 2.69. The highest BCUT2D eigenvalue weighted by Gasteiger charge is 2.71. The van der Waals surface area contributed by atoms with Crippen molar-refractivity contribution in [1.29, 1.82) is 0 Å². The standard InChI is InChI=1S/C28H45FN2O2/c1-24(33)12-13-25(2)19(17-24)8-9-23-27(30)11-10-20(26(27,3)14-15-28(23,25)31)22(32)16-18-6-4-5-7-21(18)29/h4-6,19-23,32-33H,7-17,30-31H2,1-3H3/t19-,20+,21?,22?,23-,24+,25-,26+,27+,28+/m0/s1. The largest absolute Gasteiger partial charge is 0.392 e. The van der Waals surface area contributed by atoms with Crippen LogP contribution in [0.25, 0.3) is 0 Å². The zero-order chi connectivity index (χ0) is 23.9. The monoisotopic (exact) mass is 460 g/mol. The molecule has 6 N–H and O–H groups in total. The maximum atomic E-state index is 14.4. The lowest BCUT2D eigenvalue weighted by atomic mass is 9.39. The Morgan fingerprint density at radius 1 is 1.00 bits per heavy atom. The third-order valence-corrected chi connectivity index (χ3v) is 11.8. The summed E-state index contributed by atoms with van der Waals surface area (Å²) in [6.07, 6.45) is 13.1. The Kier molecular flexibility index (Phi) is 5.54. The molecule has 0 aliphatic heterocycles. The molecule has 4 saturated carbocycles. The van der Waals surface area contributed by atoms with Gasteiger partial charge in [0.2, 0.25) is 0 Å². The van der Waals surface area contributed by atoms with E-state index in [0.717, 1.165) is 63.4 Å². The van der Waals surface area contributed by atoms with Gasteiger partial charge in [-0.2, -0.15) is 0 Å². The SMILES string of the molecule is C[C@@]1(O)CC[C@@]2(C)[C@@H](CC[C@@H]3[C@]2(N)CC[C@]2(C)[C@@H](C(O)CC4=CC=CCC4F)CC[C@@]32N)C1. The molecule has 33 heavy (non-hydrogen) atoms. The zero-order valence-electron chi connectivity index (χ0n) is 20.8. The lowest BCUT2D eigenvalue weighted by molar-refractivity contribution is -0.170. The third kappa shape index (κ3) is 3.28. The fourth-order valence-electron chi connectivity index (χ4n) is 9.47. The number of aliphatic hydroxyl groups excluding tert-OH is 1. The molecule has 5 aliphatic rings. The zero-order valence-corrected chi connectivity index (χ0v) is 20.8. The minimum absolute atomic E-state index is 0.0107. The number of fused-ring (bicyclic) bond motifs is 5. The van der Waals surface area contributed by atoms with Gasteiger partial charge in [0.05, 0.1) is 11.7 Å². The Morgan fingerprint density at radius 2 is 1.70 bits per heavy atom. The molecule has 5 aliphatic carbocycles. The van der Waals surface area contributed by atoms with Gasteiger partial charge in [-0.3, -0.25) is 0 Å². The second-order valence-electron chi connectivity index (χ2n) is 13.2. The van der Waals surface area contributed by atoms with E-state index < -0.39 is 23.4 Å². The van der Waals surface area contributed by atoms with Crippen molar-refractivity contribution in [2.24, 2.45) is 40.1 Å². The fraction of sp³-hybridized carbons (Fsp3) is 0.857. The predicted octanol–water partition coefficient (Wildman–Crippen LogP) is 4.53. The Labute approximate surface area is 199 Å². The van der Waals surface area contributed by atoms with E-state index in [9.17, 15) is 14.6 Å². The Bertz CT molecular complexity index is 857. The van der Waals surface area contributed by atoms with Crippen LogP contribution in [0.4, 0.5) is 4.39 Å². The Hall–Kier alpha value is -0.750. The van der Waals surface area contributed by atoms with E-state index in [2.05, 4.69) is 13.8 Å². The summed E-state index contributed by atoms with van der Waals surface area (Å²) in [6.45, 7) is 6.64. The third-order valence-electron chi connectivity index (χ3n) is 11.8. The number of alkyl halides is 1. The van der Waals surface area contributed by atoms with Crippen LogP contribution >= 0.6 is 0 Å². The van der Waals surface area contributed by atoms with Crippen molar-refractivity contribution in [2.75, 3.05) is 0 Å². The van der Waals surface area contributed by atoms with Crippen LogP contribution in [0.15, 0.2) is 23.8 Å². The highest BCUT2D eigenvalue weighted by molar-refractivity contribution is 5.28. The van der Waals surface area contributed by atoms with Crippen LogP contribution in [-0.4, -0.2) is 39.2 Å². The molecule has 0 bridgehead atoms. The molecule has 4 nitrogen and oxygen atoms in total. The van der Waals surface area contributed by atoms with Gasteiger partial charge in [-0.1, -0.05) is 32.1 Å². The van der Waals surface area contributed by atoms with Crippen LogP contribution in [0.5, 0.6) is 0 Å². The van der Waals surface area contributed by atoms with Gasteiger partial charge >= 0.3 is 0 Å². The molecule has 0 heterocycles. The quantitative estimate of drug-likeness (QED) is 0.498. The summed E-state index contributed by atoms with van der Waals surface area (Å²) in [7, 11) is 0. The van der Waals surface area contributed by atoms with Crippen LogP contribution in [0.2, 0.25) is 0 Å². The van der Waals surface area contributed by atoms with Crippen LogP contribution < -0.4 is 11.5 Å². The molecule has 0 saturated heterocycles. The van der Waals surface area contributed by atoms with E-state index >= 15 is 0 Å². The first-order chi connectivity index (χ1) is 15.4. The normalized spacial score (nSPS) is 54.7. The first kappa shape index (κ1) is 24.0. The molecule has 0 aromatic carbocycles. The number of rotatable bonds is 3. The van der Waals surface area contributed by atoms with E-state index in [1.54, 1.807) is 0 Å². The van der Waals surface area contributed by atoms with Crippen molar-refractivity contribution < 1.29 is 14.6 Å². The number of aliphatic hydroxyl groups is 2. The molecule has 5 rings (SSSR count). The molecule has 0 aromatic rings. The number of hydrogen-bond acceptors (Lipinski definition) is 4. The van der Waals surface area contributed by atoms with Gasteiger partial charge in [0.15, 0.2) is 0 Å². The Morgan fingerprint density at radius 3 is 2.42 bits per heavy atom. The van der Waals surface area contributed by atoms with Crippen molar-refractivity contribution in [3.05, 3.63) is 23.8 Å². The van der Waals surface area contributed by atoms with Crippen molar-refractivity contribution in [1.82, 2.24) is 0 Å². The van der Waals surface area contributed by atoms with Gasteiger partial charge < -0.3 is 21.7 Å². The van der Waals surface area contributed by atoms with Gasteiger partial charge in [-0.15, -0.1) is 0 Å². The molecule has 0 aromatic heterocycles. The van der Waals surface area contributed by atoms with E-state index in [0.29, 0.717) is 18.8 Å². The molecule has 2 unspecified atom stereocenters. The summed E-state index contributed by atoms with van der Waals surface area (Å²) in [4.78, 5) is 0. The second kappa shape index (κ2) is 7.62. The number of hydrogen-bond donors (Lipinski definition) is 4. The summed E-state index contributed by atoms with van der Waals surface area (Å²) in [5.41, 5.74) is 14.0. The molecule has 5 heteroatoms. The number of nitrogens with two attached hydrogens (primary N) is 2. The topological polar surface area (TPSA) is 92.5 Å². The second-order valence-corrected chi connectivity index (χ2v) is 13.2. The maximum Gasteiger partial charge on any atom is 0.125 e. The van der Waals surface area contributed by atoms with Crippen molar-refractivity contribution in [3.63, 3.8) is 0 Å². The molecular weight excluding hydrogens is 415 g/mol. The van der Waals surface area contributed by atoms with E-state index in [4.69, 9.17) is 11.5 Å². The molecule has 0 radical (unpaired) electrons. The summed E-state index contributed by atoms with van der Waals surface area (Å²) in [6, 6.07) is 0. The minimum atomic E-state index is -0.983. The van der Waals surface area contributed by atoms with Crippen molar-refractivity contribution >= 4 is 0 Å². The predicted molar refractivity (Wildman–Crippen MR) is 130 cm³/mol. The van der Waals surface area contributed by atoms with Gasteiger partial charge in [-0.25, -0.2) is 4.39 Å². The lowest BCUT2D eigenvalue weighted by Gasteiger charge is -2.69. The molecule has 186 valence electrons. The van der Waals surface area contributed by atoms with Gasteiger partial charge in [0.25, 0.3) is 0 Å². The Balaban J connectivity index is 1.41. The number of allylic oxidation sites excluding steroid dienone is 3. The average molecular weight is 461 g/mol.